The molecule has 5 heteroatoms. The molecule has 0 spiro atoms. The van der Waals surface area contributed by atoms with Crippen LogP contribution in [0.4, 0.5) is 9.18 Å². The predicted octanol–water partition coefficient (Wildman–Crippen LogP) is 4.40. The van der Waals surface area contributed by atoms with E-state index in [0.717, 1.165) is 22.5 Å². The number of amides is 2. The van der Waals surface area contributed by atoms with Gasteiger partial charge in [-0.15, -0.1) is 0 Å². The van der Waals surface area contributed by atoms with Crippen molar-refractivity contribution in [3.63, 3.8) is 0 Å². The first-order valence-corrected chi connectivity index (χ1v) is 8.68. The van der Waals surface area contributed by atoms with Crippen molar-refractivity contribution in [2.45, 2.75) is 26.1 Å². The highest BCUT2D eigenvalue weighted by atomic mass is 19.1. The minimum Gasteiger partial charge on any atom is -0.334 e. The van der Waals surface area contributed by atoms with E-state index in [4.69, 9.17) is 0 Å². The maximum Gasteiger partial charge on any atom is 0.318 e. The van der Waals surface area contributed by atoms with Crippen molar-refractivity contribution < 1.29 is 9.18 Å². The van der Waals surface area contributed by atoms with Crippen molar-refractivity contribution in [3.8, 4) is 5.69 Å². The maximum absolute atomic E-state index is 13.0. The van der Waals surface area contributed by atoms with Crippen LogP contribution in [0, 0.1) is 5.82 Å². The van der Waals surface area contributed by atoms with Gasteiger partial charge < -0.3 is 14.8 Å². The number of nitrogens with zero attached hydrogens (tertiary/aromatic N) is 2. The normalized spacial score (nSPS) is 15.8. The van der Waals surface area contributed by atoms with E-state index in [1.807, 2.05) is 42.3 Å². The van der Waals surface area contributed by atoms with Crippen LogP contribution in [0.1, 0.15) is 29.8 Å². The number of aromatic nitrogens is 1. The Morgan fingerprint density at radius 1 is 1.12 bits per heavy atom. The van der Waals surface area contributed by atoms with Gasteiger partial charge in [-0.05, 0) is 48.4 Å². The van der Waals surface area contributed by atoms with E-state index in [-0.39, 0.29) is 17.9 Å². The maximum atomic E-state index is 13.0. The summed E-state index contributed by atoms with van der Waals surface area (Å²) in [4.78, 5) is 14.7. The van der Waals surface area contributed by atoms with Gasteiger partial charge in [0, 0.05) is 18.4 Å². The van der Waals surface area contributed by atoms with Gasteiger partial charge >= 0.3 is 6.03 Å². The summed E-state index contributed by atoms with van der Waals surface area (Å²) in [5.41, 5.74) is 4.15. The van der Waals surface area contributed by atoms with Crippen LogP contribution in [-0.4, -0.2) is 15.5 Å². The molecular formula is C21H20FN3O. The van der Waals surface area contributed by atoms with Gasteiger partial charge in [-0.25, -0.2) is 9.18 Å². The molecule has 132 valence electrons. The minimum absolute atomic E-state index is 0.0642. The molecule has 0 saturated heterocycles. The highest BCUT2D eigenvalue weighted by Gasteiger charge is 2.28. The van der Waals surface area contributed by atoms with E-state index in [9.17, 15) is 9.18 Å². The lowest BCUT2D eigenvalue weighted by atomic mass is 10.1. The summed E-state index contributed by atoms with van der Waals surface area (Å²) < 4.78 is 15.2. The fourth-order valence-electron chi connectivity index (χ4n) is 3.44. The number of rotatable bonds is 2. The summed E-state index contributed by atoms with van der Waals surface area (Å²) in [6, 6.07) is 18.2. The highest BCUT2D eigenvalue weighted by Crippen LogP contribution is 2.31. The van der Waals surface area contributed by atoms with Crippen LogP contribution in [0.25, 0.3) is 5.69 Å². The summed E-state index contributed by atoms with van der Waals surface area (Å²) in [5, 5.41) is 2.96. The molecule has 1 aromatic heterocycles. The SMILES string of the molecule is C[C@H]1c2cccn2-c2ccccc2CN1C(=O)NCc1ccc(F)cc1. The summed E-state index contributed by atoms with van der Waals surface area (Å²) in [7, 11) is 0. The molecule has 2 amide bonds. The van der Waals surface area contributed by atoms with Crippen LogP contribution in [0.5, 0.6) is 0 Å². The summed E-state index contributed by atoms with van der Waals surface area (Å²) >= 11 is 0. The topological polar surface area (TPSA) is 37.3 Å². The van der Waals surface area contributed by atoms with Gasteiger partial charge in [0.05, 0.1) is 18.3 Å². The largest absolute Gasteiger partial charge is 0.334 e. The van der Waals surface area contributed by atoms with E-state index in [2.05, 4.69) is 22.0 Å². The second kappa shape index (κ2) is 6.67. The molecule has 2 aromatic carbocycles. The number of carbonyl (C=O) groups excluding carboxylic acids is 1. The third-order valence-corrected chi connectivity index (χ3v) is 4.89. The highest BCUT2D eigenvalue weighted by molar-refractivity contribution is 5.75. The smallest absolute Gasteiger partial charge is 0.318 e. The average Bonchev–Trinajstić information content (AvgIpc) is 3.11. The van der Waals surface area contributed by atoms with Gasteiger partial charge in [-0.2, -0.15) is 0 Å². The van der Waals surface area contributed by atoms with Crippen LogP contribution in [-0.2, 0) is 13.1 Å². The molecule has 1 aliphatic rings. The Balaban J connectivity index is 1.58. The van der Waals surface area contributed by atoms with Crippen LogP contribution in [0.15, 0.2) is 66.9 Å². The van der Waals surface area contributed by atoms with E-state index >= 15 is 0 Å². The van der Waals surface area contributed by atoms with Crippen molar-refractivity contribution in [1.29, 1.82) is 0 Å². The van der Waals surface area contributed by atoms with E-state index in [1.165, 1.54) is 12.1 Å². The van der Waals surface area contributed by atoms with Gasteiger partial charge in [0.1, 0.15) is 5.82 Å². The van der Waals surface area contributed by atoms with Crippen molar-refractivity contribution in [2.24, 2.45) is 0 Å². The molecule has 1 atom stereocenters. The molecule has 0 radical (unpaired) electrons. The summed E-state index contributed by atoms with van der Waals surface area (Å²) in [6.07, 6.45) is 2.03. The van der Waals surface area contributed by atoms with Crippen LogP contribution in [0.3, 0.4) is 0 Å². The molecule has 0 saturated carbocycles. The van der Waals surface area contributed by atoms with Gasteiger partial charge in [0.25, 0.3) is 0 Å². The second-order valence-corrected chi connectivity index (χ2v) is 6.52. The molecular weight excluding hydrogens is 329 g/mol. The Labute approximate surface area is 151 Å². The number of fused-ring (bicyclic) bond motifs is 3. The lowest BCUT2D eigenvalue weighted by Crippen LogP contribution is -2.40. The number of carbonyl (C=O) groups is 1. The Morgan fingerprint density at radius 3 is 2.69 bits per heavy atom. The molecule has 1 aliphatic heterocycles. The first-order chi connectivity index (χ1) is 12.6. The minimum atomic E-state index is -0.279. The molecule has 4 nitrogen and oxygen atoms in total. The quantitative estimate of drug-likeness (QED) is 0.731. The summed E-state index contributed by atoms with van der Waals surface area (Å²) in [5.74, 6) is -0.279. The third-order valence-electron chi connectivity index (χ3n) is 4.89. The lowest BCUT2D eigenvalue weighted by Gasteiger charge is -2.27. The Kier molecular flexibility index (Phi) is 4.21. The van der Waals surface area contributed by atoms with Crippen molar-refractivity contribution >= 4 is 6.03 Å². The predicted molar refractivity (Wildman–Crippen MR) is 98.4 cm³/mol. The number of hydrogen-bond acceptors (Lipinski definition) is 1. The standard InChI is InChI=1S/C21H20FN3O/c1-15-19-7-4-12-24(19)20-6-3-2-5-17(20)14-25(15)21(26)23-13-16-8-10-18(22)11-9-16/h2-12,15H,13-14H2,1H3,(H,23,26)/t15-/m0/s1. The molecule has 0 unspecified atom stereocenters. The zero-order valence-electron chi connectivity index (χ0n) is 14.5. The molecule has 3 aromatic rings. The third kappa shape index (κ3) is 2.96. The Bertz CT molecular complexity index is 932. The van der Waals surface area contributed by atoms with Crippen LogP contribution >= 0.6 is 0 Å². The van der Waals surface area contributed by atoms with Gasteiger partial charge in [-0.3, -0.25) is 0 Å². The zero-order valence-corrected chi connectivity index (χ0v) is 14.5. The molecule has 4 rings (SSSR count). The zero-order chi connectivity index (χ0) is 18.1. The molecule has 0 aliphatic carbocycles. The van der Waals surface area contributed by atoms with Gasteiger partial charge in [0.2, 0.25) is 0 Å². The van der Waals surface area contributed by atoms with E-state index < -0.39 is 0 Å². The van der Waals surface area contributed by atoms with Crippen LogP contribution in [0.2, 0.25) is 0 Å². The number of halogens is 1. The molecule has 26 heavy (non-hydrogen) atoms. The fourth-order valence-corrected chi connectivity index (χ4v) is 3.44. The first-order valence-electron chi connectivity index (χ1n) is 8.68. The van der Waals surface area contributed by atoms with Gasteiger partial charge in [-0.1, -0.05) is 30.3 Å². The average molecular weight is 349 g/mol. The van der Waals surface area contributed by atoms with Crippen molar-refractivity contribution in [3.05, 3.63) is 89.5 Å². The van der Waals surface area contributed by atoms with E-state index in [0.29, 0.717) is 13.1 Å². The monoisotopic (exact) mass is 349 g/mol. The molecule has 1 N–H and O–H groups in total. The van der Waals surface area contributed by atoms with Crippen molar-refractivity contribution in [1.82, 2.24) is 14.8 Å². The number of para-hydroxylation sites is 1. The van der Waals surface area contributed by atoms with E-state index in [1.54, 1.807) is 12.1 Å². The number of hydrogen-bond donors (Lipinski definition) is 1. The molecule has 2 heterocycles. The number of benzene rings is 2. The van der Waals surface area contributed by atoms with Gasteiger partial charge in [0.15, 0.2) is 0 Å². The van der Waals surface area contributed by atoms with Crippen LogP contribution < -0.4 is 5.32 Å². The second-order valence-electron chi connectivity index (χ2n) is 6.52. The Hall–Kier alpha value is -3.08. The summed E-state index contributed by atoms with van der Waals surface area (Å²) in [6.45, 7) is 2.94. The number of nitrogens with one attached hydrogen (secondary N) is 1. The Morgan fingerprint density at radius 2 is 1.88 bits per heavy atom. The fraction of sp³-hybridized carbons (Fsp3) is 0.190. The molecule has 0 bridgehead atoms. The first kappa shape index (κ1) is 16.4. The number of urea groups is 1. The lowest BCUT2D eigenvalue weighted by molar-refractivity contribution is 0.175. The molecule has 0 fully saturated rings. The van der Waals surface area contributed by atoms with Crippen molar-refractivity contribution in [2.75, 3.05) is 0 Å².